The number of benzene rings is 4. The molecule has 210 valence electrons. The van der Waals surface area contributed by atoms with Crippen molar-refractivity contribution >= 4 is 46.6 Å². The highest BCUT2D eigenvalue weighted by atomic mass is 16.2. The number of hydrogen-bond acceptors (Lipinski definition) is 5. The molecule has 0 aromatic heterocycles. The van der Waals surface area contributed by atoms with Crippen LogP contribution in [0.25, 0.3) is 0 Å². The quantitative estimate of drug-likeness (QED) is 0.300. The molecule has 1 aliphatic rings. The van der Waals surface area contributed by atoms with Crippen LogP contribution in [0.3, 0.4) is 0 Å². The molecule has 9 heteroatoms. The number of carbonyl (C=O) groups is 5. The predicted octanol–water partition coefficient (Wildman–Crippen LogP) is 4.26. The molecule has 0 bridgehead atoms. The fourth-order valence-electron chi connectivity index (χ4n) is 4.79. The lowest BCUT2D eigenvalue weighted by Crippen LogP contribution is -2.47. The van der Waals surface area contributed by atoms with Crippen LogP contribution in [-0.2, 0) is 9.59 Å². The molecule has 4 aromatic rings. The second kappa shape index (κ2) is 11.9. The Bertz CT molecular complexity index is 1640. The van der Waals surface area contributed by atoms with Crippen LogP contribution in [0.2, 0.25) is 0 Å². The lowest BCUT2D eigenvalue weighted by atomic mass is 10.1. The van der Waals surface area contributed by atoms with Crippen LogP contribution >= 0.6 is 0 Å². The van der Waals surface area contributed by atoms with Gasteiger partial charge >= 0.3 is 0 Å². The van der Waals surface area contributed by atoms with E-state index in [-0.39, 0.29) is 22.4 Å². The zero-order valence-corrected chi connectivity index (χ0v) is 23.1. The number of fused-ring (bicyclic) bond motifs is 1. The number of imide groups is 1. The van der Waals surface area contributed by atoms with Crippen molar-refractivity contribution in [2.24, 2.45) is 0 Å². The zero-order chi connectivity index (χ0) is 29.8. The van der Waals surface area contributed by atoms with Crippen molar-refractivity contribution < 1.29 is 24.0 Å². The summed E-state index contributed by atoms with van der Waals surface area (Å²) in [5, 5.41) is 0. The van der Waals surface area contributed by atoms with Crippen molar-refractivity contribution in [1.29, 1.82) is 0 Å². The average Bonchev–Trinajstić information content (AvgIpc) is 3.28. The highest BCUT2D eigenvalue weighted by molar-refractivity contribution is 6.23. The Labute approximate surface area is 243 Å². The normalized spacial score (nSPS) is 12.1. The molecule has 5 amide bonds. The molecule has 42 heavy (non-hydrogen) atoms. The lowest BCUT2D eigenvalue weighted by Gasteiger charge is -2.29. The molecule has 0 spiro atoms. The molecular weight excluding hydrogens is 532 g/mol. The number of amides is 5. The molecule has 0 atom stereocenters. The summed E-state index contributed by atoms with van der Waals surface area (Å²) >= 11 is 0. The Balaban J connectivity index is 1.50. The molecule has 0 N–H and O–H groups in total. The minimum absolute atomic E-state index is 0.176. The Kier molecular flexibility index (Phi) is 7.92. The van der Waals surface area contributed by atoms with E-state index in [4.69, 9.17) is 0 Å². The standard InChI is InChI=1S/C33H28N4O5/c1-34(23-13-5-3-6-14-23)29(38)21-36(30(39)22-37-32(41)25-17-9-10-18-26(25)33(37)42)28-20-12-11-19-27(28)31(40)35(2)24-15-7-4-8-16-24/h3-20H,21-22H2,1-2H3. The summed E-state index contributed by atoms with van der Waals surface area (Å²) < 4.78 is 0. The first-order valence-corrected chi connectivity index (χ1v) is 13.3. The predicted molar refractivity (Wildman–Crippen MR) is 160 cm³/mol. The number of likely N-dealkylation sites (N-methyl/N-ethyl adjacent to an activating group) is 1. The van der Waals surface area contributed by atoms with E-state index in [0.717, 1.165) is 9.80 Å². The zero-order valence-electron chi connectivity index (χ0n) is 23.1. The van der Waals surface area contributed by atoms with Crippen LogP contribution in [-0.4, -0.2) is 61.6 Å². The van der Waals surface area contributed by atoms with E-state index in [0.29, 0.717) is 11.4 Å². The van der Waals surface area contributed by atoms with Gasteiger partial charge in [0.15, 0.2) is 0 Å². The fourth-order valence-corrected chi connectivity index (χ4v) is 4.79. The van der Waals surface area contributed by atoms with E-state index in [2.05, 4.69) is 0 Å². The van der Waals surface area contributed by atoms with E-state index in [1.807, 2.05) is 12.1 Å². The molecule has 1 aliphatic heterocycles. The summed E-state index contributed by atoms with van der Waals surface area (Å²) in [6, 6.07) is 30.8. The van der Waals surface area contributed by atoms with E-state index < -0.39 is 42.6 Å². The van der Waals surface area contributed by atoms with Crippen LogP contribution in [0.15, 0.2) is 109 Å². The lowest BCUT2D eigenvalue weighted by molar-refractivity contribution is -0.122. The number of nitrogens with zero attached hydrogens (tertiary/aromatic N) is 4. The van der Waals surface area contributed by atoms with E-state index in [9.17, 15) is 24.0 Å². The summed E-state index contributed by atoms with van der Waals surface area (Å²) in [6.45, 7) is -1.04. The maximum atomic E-state index is 13.9. The number of para-hydroxylation sites is 3. The van der Waals surface area contributed by atoms with Crippen molar-refractivity contribution in [3.05, 3.63) is 126 Å². The Morgan fingerprint density at radius 3 is 1.64 bits per heavy atom. The third kappa shape index (κ3) is 5.40. The number of rotatable bonds is 8. The highest BCUT2D eigenvalue weighted by Gasteiger charge is 2.38. The third-order valence-corrected chi connectivity index (χ3v) is 7.16. The van der Waals surface area contributed by atoms with Gasteiger partial charge in [0.1, 0.15) is 13.1 Å². The highest BCUT2D eigenvalue weighted by Crippen LogP contribution is 2.27. The molecular formula is C33H28N4O5. The summed E-state index contributed by atoms with van der Waals surface area (Å²) in [5.74, 6) is -2.72. The molecule has 5 rings (SSSR count). The molecule has 1 heterocycles. The molecule has 0 aliphatic carbocycles. The molecule has 0 unspecified atom stereocenters. The van der Waals surface area contributed by atoms with Gasteiger partial charge in [-0.05, 0) is 48.5 Å². The first kappa shape index (κ1) is 28.0. The van der Waals surface area contributed by atoms with Crippen molar-refractivity contribution in [2.75, 3.05) is 41.9 Å². The second-order valence-corrected chi connectivity index (χ2v) is 9.73. The molecule has 9 nitrogen and oxygen atoms in total. The number of hydrogen-bond donors (Lipinski definition) is 0. The van der Waals surface area contributed by atoms with E-state index in [1.54, 1.807) is 99.0 Å². The van der Waals surface area contributed by atoms with Crippen molar-refractivity contribution in [3.63, 3.8) is 0 Å². The van der Waals surface area contributed by atoms with Gasteiger partial charge in [0.2, 0.25) is 11.8 Å². The Morgan fingerprint density at radius 2 is 1.07 bits per heavy atom. The van der Waals surface area contributed by atoms with Crippen LogP contribution in [0.4, 0.5) is 17.1 Å². The van der Waals surface area contributed by atoms with Gasteiger partial charge in [-0.15, -0.1) is 0 Å². The first-order chi connectivity index (χ1) is 20.3. The van der Waals surface area contributed by atoms with Gasteiger partial charge in [0, 0.05) is 25.5 Å². The van der Waals surface area contributed by atoms with Crippen LogP contribution in [0.5, 0.6) is 0 Å². The summed E-state index contributed by atoms with van der Waals surface area (Å²) in [4.78, 5) is 72.1. The van der Waals surface area contributed by atoms with Gasteiger partial charge in [0.25, 0.3) is 17.7 Å². The third-order valence-electron chi connectivity index (χ3n) is 7.16. The largest absolute Gasteiger partial charge is 0.314 e. The molecule has 0 radical (unpaired) electrons. The van der Waals surface area contributed by atoms with Gasteiger partial charge in [-0.3, -0.25) is 28.9 Å². The van der Waals surface area contributed by atoms with Crippen LogP contribution < -0.4 is 14.7 Å². The minimum atomic E-state index is -0.693. The van der Waals surface area contributed by atoms with Crippen LogP contribution in [0.1, 0.15) is 31.1 Å². The van der Waals surface area contributed by atoms with E-state index >= 15 is 0 Å². The Hall–Kier alpha value is -5.57. The van der Waals surface area contributed by atoms with Gasteiger partial charge in [-0.2, -0.15) is 0 Å². The fraction of sp³-hybridized carbons (Fsp3) is 0.121. The van der Waals surface area contributed by atoms with Gasteiger partial charge in [0.05, 0.1) is 22.4 Å². The van der Waals surface area contributed by atoms with Crippen molar-refractivity contribution in [1.82, 2.24) is 4.90 Å². The summed E-state index contributed by atoms with van der Waals surface area (Å²) in [7, 11) is 3.21. The first-order valence-electron chi connectivity index (χ1n) is 13.3. The smallest absolute Gasteiger partial charge is 0.262 e. The van der Waals surface area contributed by atoms with Gasteiger partial charge in [-0.1, -0.05) is 60.7 Å². The number of anilines is 3. The second-order valence-electron chi connectivity index (χ2n) is 9.73. The SMILES string of the molecule is CN(C(=O)CN(C(=O)CN1C(=O)c2ccccc2C1=O)c1ccccc1C(=O)N(C)c1ccccc1)c1ccccc1. The van der Waals surface area contributed by atoms with Crippen molar-refractivity contribution in [2.45, 2.75) is 0 Å². The molecule has 4 aromatic carbocycles. The van der Waals surface area contributed by atoms with E-state index in [1.165, 1.54) is 21.9 Å². The maximum Gasteiger partial charge on any atom is 0.262 e. The van der Waals surface area contributed by atoms with Crippen molar-refractivity contribution in [3.8, 4) is 0 Å². The molecule has 0 saturated carbocycles. The summed E-state index contributed by atoms with van der Waals surface area (Å²) in [5.41, 5.74) is 2.03. The number of carbonyl (C=O) groups excluding carboxylic acids is 5. The maximum absolute atomic E-state index is 13.9. The topological polar surface area (TPSA) is 98.3 Å². The minimum Gasteiger partial charge on any atom is -0.314 e. The average molecular weight is 561 g/mol. The monoisotopic (exact) mass is 560 g/mol. The van der Waals surface area contributed by atoms with Crippen LogP contribution in [0, 0.1) is 0 Å². The summed E-state index contributed by atoms with van der Waals surface area (Å²) in [6.07, 6.45) is 0. The Morgan fingerprint density at radius 1 is 0.595 bits per heavy atom. The molecule has 0 saturated heterocycles. The molecule has 0 fully saturated rings. The van der Waals surface area contributed by atoms with Gasteiger partial charge < -0.3 is 14.7 Å². The van der Waals surface area contributed by atoms with Gasteiger partial charge in [-0.25, -0.2) is 0 Å².